The van der Waals surface area contributed by atoms with Crippen molar-refractivity contribution in [1.82, 2.24) is 5.06 Å². The average molecular weight is 206 g/mol. The van der Waals surface area contributed by atoms with Gasteiger partial charge < -0.3 is 0 Å². The molecule has 0 radical (unpaired) electrons. The van der Waals surface area contributed by atoms with Gasteiger partial charge in [-0.15, -0.1) is 0 Å². The summed E-state index contributed by atoms with van der Waals surface area (Å²) >= 11 is 3.27. The van der Waals surface area contributed by atoms with Gasteiger partial charge in [-0.25, -0.2) is 0 Å². The van der Waals surface area contributed by atoms with Crippen molar-refractivity contribution in [3.05, 3.63) is 23.3 Å². The number of nitrogens with zero attached hydrogens (tertiary/aromatic N) is 1. The van der Waals surface area contributed by atoms with Crippen LogP contribution < -0.4 is 0 Å². The molecule has 0 amide bonds. The Kier molecular flexibility index (Phi) is 5.35. The van der Waals surface area contributed by atoms with Crippen LogP contribution in [0, 0.1) is 0 Å². The highest BCUT2D eigenvalue weighted by molar-refractivity contribution is 9.11. The summed E-state index contributed by atoms with van der Waals surface area (Å²) in [6, 6.07) is 0. The van der Waals surface area contributed by atoms with Gasteiger partial charge in [0, 0.05) is 17.7 Å². The third-order valence-corrected chi connectivity index (χ3v) is 1.36. The standard InChI is InChI=1S/C7H12BrNO/c1-4-7(8)6-9(3)10-5-2/h4,6H,1,5H2,2-3H3/b7-6+. The number of rotatable bonds is 4. The van der Waals surface area contributed by atoms with Crippen molar-refractivity contribution in [1.29, 1.82) is 0 Å². The molecule has 0 N–H and O–H groups in total. The van der Waals surface area contributed by atoms with E-state index >= 15 is 0 Å². The van der Waals surface area contributed by atoms with Gasteiger partial charge in [-0.1, -0.05) is 12.7 Å². The van der Waals surface area contributed by atoms with E-state index in [9.17, 15) is 0 Å². The zero-order valence-electron chi connectivity index (χ0n) is 6.30. The van der Waals surface area contributed by atoms with E-state index in [-0.39, 0.29) is 0 Å². The predicted octanol–water partition coefficient (Wildman–Crippen LogP) is 2.29. The van der Waals surface area contributed by atoms with Crippen molar-refractivity contribution < 1.29 is 4.84 Å². The molecular formula is C7H12BrNO. The van der Waals surface area contributed by atoms with Gasteiger partial charge in [-0.05, 0) is 22.9 Å². The van der Waals surface area contributed by atoms with Gasteiger partial charge in [0.2, 0.25) is 0 Å². The number of allylic oxidation sites excluding steroid dienone is 2. The van der Waals surface area contributed by atoms with Gasteiger partial charge in [-0.2, -0.15) is 0 Å². The molecule has 0 fully saturated rings. The fourth-order valence-electron chi connectivity index (χ4n) is 0.467. The summed E-state index contributed by atoms with van der Waals surface area (Å²) in [5, 5.41) is 1.63. The van der Waals surface area contributed by atoms with Gasteiger partial charge in [0.25, 0.3) is 0 Å². The van der Waals surface area contributed by atoms with Crippen LogP contribution in [0.5, 0.6) is 0 Å². The molecule has 0 rings (SSSR count). The normalized spacial score (nSPS) is 11.3. The highest BCUT2D eigenvalue weighted by Gasteiger charge is 1.88. The summed E-state index contributed by atoms with van der Waals surface area (Å²) in [5.74, 6) is 0. The zero-order chi connectivity index (χ0) is 7.98. The molecule has 58 valence electrons. The Morgan fingerprint density at radius 3 is 2.80 bits per heavy atom. The molecule has 0 aliphatic carbocycles. The summed E-state index contributed by atoms with van der Waals surface area (Å²) in [4.78, 5) is 5.09. The smallest absolute Gasteiger partial charge is 0.0720 e. The molecule has 0 aromatic rings. The minimum absolute atomic E-state index is 0.671. The Labute approximate surface area is 70.2 Å². The Balaban J connectivity index is 3.73. The topological polar surface area (TPSA) is 12.5 Å². The molecule has 0 saturated heterocycles. The quantitative estimate of drug-likeness (QED) is 0.516. The summed E-state index contributed by atoms with van der Waals surface area (Å²) < 4.78 is 0.906. The van der Waals surface area contributed by atoms with Crippen LogP contribution in [-0.2, 0) is 4.84 Å². The lowest BCUT2D eigenvalue weighted by Crippen LogP contribution is -2.11. The first kappa shape index (κ1) is 9.72. The first-order valence-electron chi connectivity index (χ1n) is 3.06. The second-order valence-corrected chi connectivity index (χ2v) is 2.60. The molecule has 0 unspecified atom stereocenters. The molecule has 0 heterocycles. The van der Waals surface area contributed by atoms with Gasteiger partial charge in [0.15, 0.2) is 0 Å². The third kappa shape index (κ3) is 4.58. The van der Waals surface area contributed by atoms with Gasteiger partial charge in [-0.3, -0.25) is 9.90 Å². The van der Waals surface area contributed by atoms with E-state index in [1.54, 1.807) is 17.3 Å². The van der Waals surface area contributed by atoms with Crippen molar-refractivity contribution in [2.45, 2.75) is 6.92 Å². The van der Waals surface area contributed by atoms with E-state index in [0.29, 0.717) is 6.61 Å². The third-order valence-electron chi connectivity index (χ3n) is 0.833. The first-order chi connectivity index (χ1) is 4.70. The minimum Gasteiger partial charge on any atom is -0.275 e. The average Bonchev–Trinajstić information content (AvgIpc) is 1.88. The van der Waals surface area contributed by atoms with Crippen molar-refractivity contribution >= 4 is 15.9 Å². The van der Waals surface area contributed by atoms with Crippen LogP contribution in [0.4, 0.5) is 0 Å². The van der Waals surface area contributed by atoms with Crippen LogP contribution in [0.25, 0.3) is 0 Å². The number of hydrogen-bond acceptors (Lipinski definition) is 2. The van der Waals surface area contributed by atoms with Gasteiger partial charge in [0.1, 0.15) is 0 Å². The van der Waals surface area contributed by atoms with E-state index in [1.807, 2.05) is 14.0 Å². The molecular weight excluding hydrogens is 194 g/mol. The minimum atomic E-state index is 0.671. The van der Waals surface area contributed by atoms with Gasteiger partial charge >= 0.3 is 0 Å². The molecule has 10 heavy (non-hydrogen) atoms. The van der Waals surface area contributed by atoms with Crippen LogP contribution in [0.3, 0.4) is 0 Å². The Morgan fingerprint density at radius 1 is 1.80 bits per heavy atom. The van der Waals surface area contributed by atoms with Crippen LogP contribution in [-0.4, -0.2) is 18.7 Å². The SMILES string of the molecule is C=C/C(Br)=C\N(C)OCC. The number of hydroxylamine groups is 2. The van der Waals surface area contributed by atoms with Crippen molar-refractivity contribution in [3.63, 3.8) is 0 Å². The molecule has 0 aliphatic heterocycles. The maximum atomic E-state index is 5.09. The van der Waals surface area contributed by atoms with Crippen LogP contribution in [0.15, 0.2) is 23.3 Å². The lowest BCUT2D eigenvalue weighted by molar-refractivity contribution is -0.0938. The molecule has 0 atom stereocenters. The summed E-state index contributed by atoms with van der Waals surface area (Å²) in [6.45, 7) is 6.18. The molecule has 0 saturated carbocycles. The van der Waals surface area contributed by atoms with Crippen molar-refractivity contribution in [3.8, 4) is 0 Å². The fraction of sp³-hybridized carbons (Fsp3) is 0.429. The zero-order valence-corrected chi connectivity index (χ0v) is 7.89. The first-order valence-corrected chi connectivity index (χ1v) is 3.85. The lowest BCUT2D eigenvalue weighted by atomic mass is 10.6. The molecule has 0 bridgehead atoms. The van der Waals surface area contributed by atoms with Crippen LogP contribution in [0.1, 0.15) is 6.92 Å². The molecule has 0 aliphatic rings. The van der Waals surface area contributed by atoms with Crippen LogP contribution in [0.2, 0.25) is 0 Å². The lowest BCUT2D eigenvalue weighted by Gasteiger charge is -2.11. The molecule has 2 nitrogen and oxygen atoms in total. The maximum Gasteiger partial charge on any atom is 0.0720 e. The molecule has 0 aromatic carbocycles. The molecule has 0 spiro atoms. The van der Waals surface area contributed by atoms with E-state index in [0.717, 1.165) is 4.48 Å². The van der Waals surface area contributed by atoms with Gasteiger partial charge in [0.05, 0.1) is 6.61 Å². The number of hydrogen-bond donors (Lipinski definition) is 0. The Bertz CT molecular complexity index is 134. The molecule has 0 aromatic heterocycles. The maximum absolute atomic E-state index is 5.09. The van der Waals surface area contributed by atoms with Crippen molar-refractivity contribution in [2.75, 3.05) is 13.7 Å². The highest BCUT2D eigenvalue weighted by Crippen LogP contribution is 2.05. The van der Waals surface area contributed by atoms with E-state index in [1.165, 1.54) is 0 Å². The summed E-state index contributed by atoms with van der Waals surface area (Å²) in [7, 11) is 1.83. The predicted molar refractivity (Wildman–Crippen MR) is 46.6 cm³/mol. The monoisotopic (exact) mass is 205 g/mol. The second kappa shape index (κ2) is 5.50. The second-order valence-electron chi connectivity index (χ2n) is 1.68. The van der Waals surface area contributed by atoms with Crippen molar-refractivity contribution in [2.24, 2.45) is 0 Å². The van der Waals surface area contributed by atoms with E-state index in [4.69, 9.17) is 4.84 Å². The fourth-order valence-corrected chi connectivity index (χ4v) is 0.756. The van der Waals surface area contributed by atoms with E-state index < -0.39 is 0 Å². The molecule has 3 heteroatoms. The number of halogens is 1. The van der Waals surface area contributed by atoms with Crippen LogP contribution >= 0.6 is 15.9 Å². The Hall–Kier alpha value is -0.280. The summed E-state index contributed by atoms with van der Waals surface area (Å²) in [6.07, 6.45) is 3.51. The highest BCUT2D eigenvalue weighted by atomic mass is 79.9. The largest absolute Gasteiger partial charge is 0.275 e. The van der Waals surface area contributed by atoms with E-state index in [2.05, 4.69) is 22.5 Å². The summed E-state index contributed by atoms with van der Waals surface area (Å²) in [5.41, 5.74) is 0. The Morgan fingerprint density at radius 2 is 2.40 bits per heavy atom.